The van der Waals surface area contributed by atoms with Crippen molar-refractivity contribution in [2.24, 2.45) is 0 Å². The summed E-state index contributed by atoms with van der Waals surface area (Å²) in [7, 11) is 0. The zero-order valence-corrected chi connectivity index (χ0v) is 13.4. The molecule has 0 saturated heterocycles. The second-order valence-corrected chi connectivity index (χ2v) is 6.01. The van der Waals surface area contributed by atoms with Crippen molar-refractivity contribution in [3.63, 3.8) is 0 Å². The Labute approximate surface area is 129 Å². The van der Waals surface area contributed by atoms with Crippen LogP contribution in [0.5, 0.6) is 0 Å². The number of para-hydroxylation sites is 1. The van der Waals surface area contributed by atoms with Crippen molar-refractivity contribution in [3.05, 3.63) is 58.0 Å². The van der Waals surface area contributed by atoms with E-state index in [0.29, 0.717) is 0 Å². The van der Waals surface area contributed by atoms with E-state index in [9.17, 15) is 0 Å². The summed E-state index contributed by atoms with van der Waals surface area (Å²) < 4.78 is 6.07. The molecule has 0 bridgehead atoms. The SMILES string of the molecule is CCCNC(c1ccsc1)c1c(CC)oc2ccccc12. The summed E-state index contributed by atoms with van der Waals surface area (Å²) >= 11 is 1.75. The second kappa shape index (κ2) is 6.46. The van der Waals surface area contributed by atoms with Crippen molar-refractivity contribution in [1.29, 1.82) is 0 Å². The van der Waals surface area contributed by atoms with Crippen LogP contribution in [0.2, 0.25) is 0 Å². The largest absolute Gasteiger partial charge is 0.461 e. The number of rotatable bonds is 6. The van der Waals surface area contributed by atoms with Crippen LogP contribution in [0.15, 0.2) is 45.5 Å². The van der Waals surface area contributed by atoms with Crippen LogP contribution < -0.4 is 5.32 Å². The Morgan fingerprint density at radius 2 is 2.05 bits per heavy atom. The molecule has 0 fully saturated rings. The van der Waals surface area contributed by atoms with Gasteiger partial charge in [0.25, 0.3) is 0 Å². The van der Waals surface area contributed by atoms with E-state index >= 15 is 0 Å². The first-order valence-electron chi connectivity index (χ1n) is 7.61. The second-order valence-electron chi connectivity index (χ2n) is 5.23. The monoisotopic (exact) mass is 299 g/mol. The smallest absolute Gasteiger partial charge is 0.134 e. The van der Waals surface area contributed by atoms with Crippen molar-refractivity contribution < 1.29 is 4.42 Å². The third-order valence-corrected chi connectivity index (χ3v) is 4.50. The van der Waals surface area contributed by atoms with Gasteiger partial charge in [-0.2, -0.15) is 11.3 Å². The lowest BCUT2D eigenvalue weighted by atomic mass is 9.97. The van der Waals surface area contributed by atoms with Gasteiger partial charge in [0.05, 0.1) is 6.04 Å². The maximum absolute atomic E-state index is 6.07. The van der Waals surface area contributed by atoms with E-state index in [-0.39, 0.29) is 6.04 Å². The minimum atomic E-state index is 0.217. The van der Waals surface area contributed by atoms with Crippen LogP contribution in [0.1, 0.15) is 43.2 Å². The fraction of sp³-hybridized carbons (Fsp3) is 0.333. The Morgan fingerprint density at radius 3 is 2.76 bits per heavy atom. The summed E-state index contributed by atoms with van der Waals surface area (Å²) in [6, 6.07) is 10.8. The summed E-state index contributed by atoms with van der Waals surface area (Å²) in [5.74, 6) is 1.09. The molecule has 3 rings (SSSR count). The highest BCUT2D eigenvalue weighted by Crippen LogP contribution is 2.35. The van der Waals surface area contributed by atoms with Crippen LogP contribution in [0.3, 0.4) is 0 Å². The van der Waals surface area contributed by atoms with Gasteiger partial charge in [-0.25, -0.2) is 0 Å². The molecule has 3 aromatic rings. The summed E-state index contributed by atoms with van der Waals surface area (Å²) in [5, 5.41) is 9.29. The molecule has 2 aromatic heterocycles. The lowest BCUT2D eigenvalue weighted by Crippen LogP contribution is -2.23. The van der Waals surface area contributed by atoms with Crippen molar-refractivity contribution >= 4 is 22.3 Å². The zero-order chi connectivity index (χ0) is 14.7. The van der Waals surface area contributed by atoms with E-state index in [4.69, 9.17) is 4.42 Å². The van der Waals surface area contributed by atoms with Gasteiger partial charge in [0.2, 0.25) is 0 Å². The predicted molar refractivity (Wildman–Crippen MR) is 90.0 cm³/mol. The van der Waals surface area contributed by atoms with Crippen molar-refractivity contribution in [2.75, 3.05) is 6.54 Å². The Morgan fingerprint density at radius 1 is 1.19 bits per heavy atom. The molecule has 0 aliphatic carbocycles. The number of benzene rings is 1. The van der Waals surface area contributed by atoms with Gasteiger partial charge in [-0.1, -0.05) is 32.0 Å². The van der Waals surface area contributed by atoms with Crippen molar-refractivity contribution in [3.8, 4) is 0 Å². The number of thiophene rings is 1. The van der Waals surface area contributed by atoms with Crippen LogP contribution in [0.4, 0.5) is 0 Å². The zero-order valence-electron chi connectivity index (χ0n) is 12.6. The minimum absolute atomic E-state index is 0.217. The highest BCUT2D eigenvalue weighted by atomic mass is 32.1. The van der Waals surface area contributed by atoms with Crippen LogP contribution in [0.25, 0.3) is 11.0 Å². The molecule has 21 heavy (non-hydrogen) atoms. The Bertz CT molecular complexity index is 699. The molecule has 0 aliphatic rings. The van der Waals surface area contributed by atoms with Gasteiger partial charge in [0.15, 0.2) is 0 Å². The van der Waals surface area contributed by atoms with E-state index < -0.39 is 0 Å². The van der Waals surface area contributed by atoms with Crippen LogP contribution >= 0.6 is 11.3 Å². The normalized spacial score (nSPS) is 12.9. The van der Waals surface area contributed by atoms with E-state index in [0.717, 1.165) is 30.7 Å². The molecule has 0 amide bonds. The molecular formula is C18H21NOS. The maximum atomic E-state index is 6.07. The molecule has 0 aliphatic heterocycles. The highest BCUT2D eigenvalue weighted by Gasteiger charge is 2.23. The first-order chi connectivity index (χ1) is 10.3. The average Bonchev–Trinajstić information content (AvgIpc) is 3.16. The maximum Gasteiger partial charge on any atom is 0.134 e. The fourth-order valence-corrected chi connectivity index (χ4v) is 3.50. The van der Waals surface area contributed by atoms with Crippen molar-refractivity contribution in [2.45, 2.75) is 32.7 Å². The molecule has 2 heterocycles. The highest BCUT2D eigenvalue weighted by molar-refractivity contribution is 7.08. The number of hydrogen-bond acceptors (Lipinski definition) is 3. The van der Waals surface area contributed by atoms with Crippen LogP contribution in [-0.4, -0.2) is 6.54 Å². The Kier molecular flexibility index (Phi) is 4.42. The van der Waals surface area contributed by atoms with Gasteiger partial charge in [-0.05, 0) is 41.4 Å². The van der Waals surface area contributed by atoms with Gasteiger partial charge in [-0.3, -0.25) is 0 Å². The molecule has 110 valence electrons. The lowest BCUT2D eigenvalue weighted by molar-refractivity contribution is 0.529. The van der Waals surface area contributed by atoms with Crippen LogP contribution in [0, 0.1) is 0 Å². The minimum Gasteiger partial charge on any atom is -0.461 e. The summed E-state index contributed by atoms with van der Waals surface area (Å²) in [4.78, 5) is 0. The quantitative estimate of drug-likeness (QED) is 0.681. The summed E-state index contributed by atoms with van der Waals surface area (Å²) in [5.41, 5.74) is 3.62. The topological polar surface area (TPSA) is 25.2 Å². The first-order valence-corrected chi connectivity index (χ1v) is 8.55. The van der Waals surface area contributed by atoms with E-state index in [2.05, 4.69) is 54.2 Å². The van der Waals surface area contributed by atoms with Gasteiger partial charge < -0.3 is 9.73 Å². The number of fused-ring (bicyclic) bond motifs is 1. The molecular weight excluding hydrogens is 278 g/mol. The predicted octanol–water partition coefficient (Wildman–Crippen LogP) is 5.15. The van der Waals surface area contributed by atoms with Gasteiger partial charge in [0.1, 0.15) is 11.3 Å². The van der Waals surface area contributed by atoms with Crippen molar-refractivity contribution in [1.82, 2.24) is 5.32 Å². The number of furan rings is 1. The molecule has 0 saturated carbocycles. The van der Waals surface area contributed by atoms with Gasteiger partial charge >= 0.3 is 0 Å². The number of nitrogens with one attached hydrogen (secondary N) is 1. The van der Waals surface area contributed by atoms with Gasteiger partial charge in [0, 0.05) is 17.4 Å². The molecule has 1 atom stereocenters. The Balaban J connectivity index is 2.13. The molecule has 0 spiro atoms. The molecule has 1 aromatic carbocycles. The third kappa shape index (κ3) is 2.76. The summed E-state index contributed by atoms with van der Waals surface area (Å²) in [6.45, 7) is 5.36. The van der Waals surface area contributed by atoms with Gasteiger partial charge in [-0.15, -0.1) is 0 Å². The van der Waals surface area contributed by atoms with Crippen LogP contribution in [-0.2, 0) is 6.42 Å². The molecule has 2 nitrogen and oxygen atoms in total. The van der Waals surface area contributed by atoms with E-state index in [1.54, 1.807) is 11.3 Å². The standard InChI is InChI=1S/C18H21NOS/c1-3-10-19-18(13-9-11-21-12-13)17-14-7-5-6-8-16(14)20-15(17)4-2/h5-9,11-12,18-19H,3-4,10H2,1-2H3. The molecule has 3 heteroatoms. The van der Waals surface area contributed by atoms with E-state index in [1.807, 2.05) is 6.07 Å². The first kappa shape index (κ1) is 14.4. The lowest BCUT2D eigenvalue weighted by Gasteiger charge is -2.18. The molecule has 1 N–H and O–H groups in total. The number of aryl methyl sites for hydroxylation is 1. The number of hydrogen-bond donors (Lipinski definition) is 1. The Hall–Kier alpha value is -1.58. The summed E-state index contributed by atoms with van der Waals surface area (Å²) in [6.07, 6.45) is 2.04. The molecule has 1 unspecified atom stereocenters. The fourth-order valence-electron chi connectivity index (χ4n) is 2.81. The van der Waals surface area contributed by atoms with E-state index in [1.165, 1.54) is 16.5 Å². The molecule has 0 radical (unpaired) electrons. The third-order valence-electron chi connectivity index (χ3n) is 3.80. The average molecular weight is 299 g/mol.